The first-order valence-corrected chi connectivity index (χ1v) is 15.7. The molecule has 0 atom stereocenters. The van der Waals surface area contributed by atoms with E-state index in [4.69, 9.17) is 16.3 Å². The fourth-order valence-electron chi connectivity index (χ4n) is 5.86. The molecule has 8 heteroatoms. The van der Waals surface area contributed by atoms with E-state index in [0.717, 1.165) is 60.1 Å². The third kappa shape index (κ3) is 7.22. The average molecular weight is 621 g/mol. The molecule has 1 fully saturated rings. The molecule has 0 bridgehead atoms. The van der Waals surface area contributed by atoms with Crippen molar-refractivity contribution in [3.63, 3.8) is 0 Å². The lowest BCUT2D eigenvalue weighted by molar-refractivity contribution is -0.117. The Morgan fingerprint density at radius 2 is 1.67 bits per heavy atom. The van der Waals surface area contributed by atoms with Crippen LogP contribution in [0.2, 0.25) is 5.02 Å². The summed E-state index contributed by atoms with van der Waals surface area (Å²) in [5.74, 6) is 0.545. The highest BCUT2D eigenvalue weighted by atomic mass is 35.5. The maximum atomic E-state index is 13.6. The first-order valence-electron chi connectivity index (χ1n) is 15.3. The van der Waals surface area contributed by atoms with Gasteiger partial charge in [0, 0.05) is 55.5 Å². The van der Waals surface area contributed by atoms with Crippen molar-refractivity contribution in [2.75, 3.05) is 49.1 Å². The van der Waals surface area contributed by atoms with Gasteiger partial charge in [0.15, 0.2) is 11.5 Å². The molecule has 0 radical (unpaired) electrons. The molecule has 4 aromatic carbocycles. The van der Waals surface area contributed by atoms with Gasteiger partial charge in [0.05, 0.1) is 12.2 Å². The summed E-state index contributed by atoms with van der Waals surface area (Å²) in [6, 6.07) is 29.0. The van der Waals surface area contributed by atoms with Crippen LogP contribution < -0.4 is 19.9 Å². The van der Waals surface area contributed by atoms with Crippen LogP contribution >= 0.6 is 11.6 Å². The Labute approximate surface area is 269 Å². The number of anilines is 2. The molecule has 45 heavy (non-hydrogen) atoms. The molecule has 4 aromatic rings. The largest absolute Gasteiger partial charge is 0.449 e. The molecule has 2 amide bonds. The second kappa shape index (κ2) is 13.6. The van der Waals surface area contributed by atoms with Crippen LogP contribution in [0.25, 0.3) is 6.08 Å². The molecular formula is C37H37ClN4O3. The lowest BCUT2D eigenvalue weighted by atomic mass is 10.1. The number of aryl methyl sites for hydroxylation is 2. The van der Waals surface area contributed by atoms with Crippen LogP contribution in [0.5, 0.6) is 5.75 Å². The van der Waals surface area contributed by atoms with Crippen molar-refractivity contribution < 1.29 is 14.3 Å². The highest BCUT2D eigenvalue weighted by molar-refractivity contribution is 6.30. The number of nitrogens with one attached hydrogen (secondary N) is 1. The van der Waals surface area contributed by atoms with Crippen molar-refractivity contribution in [2.45, 2.75) is 20.4 Å². The first-order chi connectivity index (χ1) is 21.8. The highest BCUT2D eigenvalue weighted by Gasteiger charge is 2.30. The van der Waals surface area contributed by atoms with E-state index in [9.17, 15) is 9.59 Å². The van der Waals surface area contributed by atoms with E-state index >= 15 is 0 Å². The number of carbonyl (C=O) groups excluding carboxylic acids is 2. The molecule has 230 valence electrons. The summed E-state index contributed by atoms with van der Waals surface area (Å²) in [4.78, 5) is 32.9. The van der Waals surface area contributed by atoms with Crippen LogP contribution in [0.3, 0.4) is 0 Å². The van der Waals surface area contributed by atoms with Gasteiger partial charge in [-0.2, -0.15) is 0 Å². The fourth-order valence-corrected chi connectivity index (χ4v) is 6.03. The molecule has 0 aliphatic carbocycles. The standard InChI is InChI=1S/C37H37ClN4O3/c1-26-6-5-7-29(22-26)25-42-32-8-3-4-9-34(32)45-35(37(42)44)23-28-11-13-30(14-12-28)36(43)39-16-17-40-18-20-41(21-19-40)33-24-31(38)15-10-27(33)2/h3-15,22-24H,16-21,25H2,1-2H3,(H,39,43). The monoisotopic (exact) mass is 620 g/mol. The van der Waals surface area contributed by atoms with E-state index < -0.39 is 0 Å². The third-order valence-corrected chi connectivity index (χ3v) is 8.56. The number of halogens is 1. The molecule has 0 unspecified atom stereocenters. The maximum Gasteiger partial charge on any atom is 0.294 e. The van der Waals surface area contributed by atoms with Gasteiger partial charge in [-0.15, -0.1) is 0 Å². The van der Waals surface area contributed by atoms with Crippen molar-refractivity contribution in [2.24, 2.45) is 0 Å². The Kier molecular flexibility index (Phi) is 9.19. The predicted molar refractivity (Wildman–Crippen MR) is 181 cm³/mol. The minimum atomic E-state index is -0.208. The van der Waals surface area contributed by atoms with Crippen LogP contribution in [0, 0.1) is 13.8 Å². The van der Waals surface area contributed by atoms with E-state index in [1.165, 1.54) is 11.3 Å². The van der Waals surface area contributed by atoms with Crippen LogP contribution in [-0.2, 0) is 11.3 Å². The lowest BCUT2D eigenvalue weighted by Gasteiger charge is -2.36. The lowest BCUT2D eigenvalue weighted by Crippen LogP contribution is -2.48. The summed E-state index contributed by atoms with van der Waals surface area (Å²) < 4.78 is 6.05. The zero-order chi connectivity index (χ0) is 31.3. The Bertz CT molecular complexity index is 1730. The quantitative estimate of drug-likeness (QED) is 0.229. The van der Waals surface area contributed by atoms with Crippen molar-refractivity contribution in [1.29, 1.82) is 0 Å². The SMILES string of the molecule is Cc1cccc(CN2C(=O)C(=Cc3ccc(C(=O)NCCN4CCN(c5cc(Cl)ccc5C)CC4)cc3)Oc3ccccc32)c1. The van der Waals surface area contributed by atoms with E-state index in [2.05, 4.69) is 34.2 Å². The van der Waals surface area contributed by atoms with Gasteiger partial charge in [0.2, 0.25) is 0 Å². The van der Waals surface area contributed by atoms with Crippen molar-refractivity contribution in [1.82, 2.24) is 10.2 Å². The zero-order valence-corrected chi connectivity index (χ0v) is 26.4. The number of benzene rings is 4. The number of ether oxygens (including phenoxy) is 1. The number of hydrogen-bond acceptors (Lipinski definition) is 5. The number of fused-ring (bicyclic) bond motifs is 1. The summed E-state index contributed by atoms with van der Waals surface area (Å²) in [6.07, 6.45) is 1.73. The van der Waals surface area contributed by atoms with E-state index in [-0.39, 0.29) is 17.6 Å². The van der Waals surface area contributed by atoms with Gasteiger partial charge in [-0.25, -0.2) is 0 Å². The number of carbonyl (C=O) groups is 2. The third-order valence-electron chi connectivity index (χ3n) is 8.32. The molecule has 2 aliphatic rings. The van der Waals surface area contributed by atoms with Gasteiger partial charge in [-0.05, 0) is 73.0 Å². The van der Waals surface area contributed by atoms with E-state index in [1.54, 1.807) is 23.1 Å². The van der Waals surface area contributed by atoms with Crippen LogP contribution in [0.4, 0.5) is 11.4 Å². The Hall–Kier alpha value is -4.59. The number of piperazine rings is 1. The van der Waals surface area contributed by atoms with Gasteiger partial charge < -0.3 is 15.0 Å². The zero-order valence-electron chi connectivity index (χ0n) is 25.6. The summed E-state index contributed by atoms with van der Waals surface area (Å²) >= 11 is 6.22. The Morgan fingerprint density at radius 3 is 2.44 bits per heavy atom. The number of nitrogens with zero attached hydrogens (tertiary/aromatic N) is 3. The second-order valence-electron chi connectivity index (χ2n) is 11.6. The minimum absolute atomic E-state index is 0.120. The Balaban J connectivity index is 1.04. The molecule has 0 spiro atoms. The molecule has 7 nitrogen and oxygen atoms in total. The summed E-state index contributed by atoms with van der Waals surface area (Å²) in [5, 5.41) is 3.80. The van der Waals surface area contributed by atoms with Crippen LogP contribution in [0.1, 0.15) is 32.6 Å². The van der Waals surface area contributed by atoms with Crippen LogP contribution in [-0.4, -0.2) is 56.0 Å². The van der Waals surface area contributed by atoms with Crippen LogP contribution in [0.15, 0.2) is 96.8 Å². The molecule has 2 aliphatic heterocycles. The number of hydrogen-bond donors (Lipinski definition) is 1. The molecule has 1 N–H and O–H groups in total. The number of amides is 2. The number of para-hydroxylation sites is 2. The van der Waals surface area contributed by atoms with Gasteiger partial charge in [0.25, 0.3) is 11.8 Å². The van der Waals surface area contributed by atoms with Gasteiger partial charge in [-0.3, -0.25) is 19.4 Å². The van der Waals surface area contributed by atoms with Gasteiger partial charge in [-0.1, -0.05) is 71.8 Å². The summed E-state index contributed by atoms with van der Waals surface area (Å²) in [6.45, 7) is 9.66. The van der Waals surface area contributed by atoms with Crippen molar-refractivity contribution in [3.05, 3.63) is 130 Å². The normalized spacial score (nSPS) is 16.0. The summed E-state index contributed by atoms with van der Waals surface area (Å²) in [7, 11) is 0. The smallest absolute Gasteiger partial charge is 0.294 e. The number of rotatable bonds is 8. The van der Waals surface area contributed by atoms with Gasteiger partial charge in [0.1, 0.15) is 0 Å². The molecule has 0 aromatic heterocycles. The van der Waals surface area contributed by atoms with E-state index in [0.29, 0.717) is 24.4 Å². The Morgan fingerprint density at radius 1 is 0.889 bits per heavy atom. The second-order valence-corrected chi connectivity index (χ2v) is 12.0. The topological polar surface area (TPSA) is 65.1 Å². The maximum absolute atomic E-state index is 13.6. The molecular weight excluding hydrogens is 584 g/mol. The predicted octanol–water partition coefficient (Wildman–Crippen LogP) is 6.48. The van der Waals surface area contributed by atoms with E-state index in [1.807, 2.05) is 73.7 Å². The minimum Gasteiger partial charge on any atom is -0.449 e. The fraction of sp³-hybridized carbons (Fsp3) is 0.243. The van der Waals surface area contributed by atoms with Crippen molar-refractivity contribution in [3.8, 4) is 5.75 Å². The van der Waals surface area contributed by atoms with Gasteiger partial charge >= 0.3 is 0 Å². The average Bonchev–Trinajstić information content (AvgIpc) is 3.05. The highest BCUT2D eigenvalue weighted by Crippen LogP contribution is 2.36. The first kappa shape index (κ1) is 30.4. The molecule has 0 saturated carbocycles. The molecule has 6 rings (SSSR count). The summed E-state index contributed by atoms with van der Waals surface area (Å²) in [5.41, 5.74) is 6.70. The van der Waals surface area contributed by atoms with Crippen molar-refractivity contribution >= 4 is 40.9 Å². The molecule has 2 heterocycles. The molecule has 1 saturated heterocycles.